The van der Waals surface area contributed by atoms with E-state index < -0.39 is 10.0 Å². The molecule has 0 aliphatic carbocycles. The Labute approximate surface area is 150 Å². The van der Waals surface area contributed by atoms with E-state index in [4.69, 9.17) is 0 Å². The summed E-state index contributed by atoms with van der Waals surface area (Å²) in [5, 5.41) is 3.15. The summed E-state index contributed by atoms with van der Waals surface area (Å²) in [5.74, 6) is 0.480. The van der Waals surface area contributed by atoms with Crippen molar-refractivity contribution in [2.24, 2.45) is 5.92 Å². The molecule has 0 spiro atoms. The van der Waals surface area contributed by atoms with E-state index in [2.05, 4.69) is 5.32 Å². The zero-order chi connectivity index (χ0) is 18.0. The number of benzene rings is 1. The smallest absolute Gasteiger partial charge is 0.251 e. The molecule has 6 nitrogen and oxygen atoms in total. The highest BCUT2D eigenvalue weighted by molar-refractivity contribution is 7.89. The largest absolute Gasteiger partial charge is 0.343 e. The van der Waals surface area contributed by atoms with E-state index in [0.717, 1.165) is 6.54 Å². The molecule has 3 aliphatic rings. The number of nitrogens with zero attached hydrogens (tertiary/aromatic N) is 1. The van der Waals surface area contributed by atoms with E-state index in [-0.39, 0.29) is 16.8 Å². The van der Waals surface area contributed by atoms with Gasteiger partial charge in [-0.05, 0) is 30.2 Å². The van der Waals surface area contributed by atoms with Gasteiger partial charge >= 0.3 is 0 Å². The summed E-state index contributed by atoms with van der Waals surface area (Å²) in [5.41, 5.74) is 0.518. The number of nitrogens with one attached hydrogen (secondary N) is 2. The van der Waals surface area contributed by atoms with Crippen LogP contribution in [0.4, 0.5) is 0 Å². The summed E-state index contributed by atoms with van der Waals surface area (Å²) in [6.45, 7) is 7.94. The van der Waals surface area contributed by atoms with Crippen LogP contribution in [-0.2, 0) is 10.0 Å². The first kappa shape index (κ1) is 18.4. The minimum Gasteiger partial charge on any atom is -0.343 e. The second-order valence-electron chi connectivity index (χ2n) is 6.99. The third kappa shape index (κ3) is 3.73. The lowest BCUT2D eigenvalue weighted by Gasteiger charge is -2.42. The van der Waals surface area contributed by atoms with E-state index >= 15 is 0 Å². The molecule has 3 aliphatic heterocycles. The number of amides is 1. The first-order valence-electron chi connectivity index (χ1n) is 9.20. The number of sulfonamides is 1. The SMILES string of the molecule is CCN(CC)S(=O)(=O)c1ccc(C(=O)N[C@@H]2C[NH+]3CCC2CC3)cc1. The summed E-state index contributed by atoms with van der Waals surface area (Å²) < 4.78 is 26.4. The number of piperidine rings is 3. The van der Waals surface area contributed by atoms with Gasteiger partial charge < -0.3 is 10.2 Å². The predicted molar refractivity (Wildman–Crippen MR) is 96.1 cm³/mol. The van der Waals surface area contributed by atoms with Gasteiger partial charge in [-0.15, -0.1) is 0 Å². The van der Waals surface area contributed by atoms with Crippen molar-refractivity contribution in [2.75, 3.05) is 32.7 Å². The molecule has 2 bridgehead atoms. The molecule has 2 N–H and O–H groups in total. The molecule has 0 aromatic heterocycles. The van der Waals surface area contributed by atoms with Crippen molar-refractivity contribution in [3.63, 3.8) is 0 Å². The average molecular weight is 367 g/mol. The van der Waals surface area contributed by atoms with Crippen LogP contribution in [0.25, 0.3) is 0 Å². The van der Waals surface area contributed by atoms with Gasteiger partial charge in [-0.25, -0.2) is 8.42 Å². The van der Waals surface area contributed by atoms with E-state index in [9.17, 15) is 13.2 Å². The van der Waals surface area contributed by atoms with Crippen LogP contribution in [0.3, 0.4) is 0 Å². The molecule has 0 saturated carbocycles. The third-order valence-electron chi connectivity index (χ3n) is 5.59. The number of quaternary nitrogens is 1. The molecule has 1 amide bonds. The van der Waals surface area contributed by atoms with Gasteiger partial charge in [0.05, 0.1) is 30.6 Å². The van der Waals surface area contributed by atoms with Gasteiger partial charge in [0.25, 0.3) is 5.91 Å². The van der Waals surface area contributed by atoms with Crippen molar-refractivity contribution in [3.8, 4) is 0 Å². The predicted octanol–water partition coefficient (Wildman–Crippen LogP) is 0.124. The number of hydrogen-bond acceptors (Lipinski definition) is 3. The average Bonchev–Trinajstić information content (AvgIpc) is 2.63. The Balaban J connectivity index is 1.69. The van der Waals surface area contributed by atoms with Gasteiger partial charge in [-0.2, -0.15) is 4.31 Å². The second-order valence-corrected chi connectivity index (χ2v) is 8.92. The zero-order valence-electron chi connectivity index (χ0n) is 15.0. The van der Waals surface area contributed by atoms with Gasteiger partial charge in [0.1, 0.15) is 0 Å². The topological polar surface area (TPSA) is 70.9 Å². The van der Waals surface area contributed by atoms with Crippen LogP contribution in [0.15, 0.2) is 29.2 Å². The maximum absolute atomic E-state index is 12.5. The molecule has 3 fully saturated rings. The number of carbonyl (C=O) groups is 1. The standard InChI is InChI=1S/C18H27N3O3S/c1-3-21(4-2)25(23,24)16-7-5-15(6-8-16)18(22)19-17-13-20-11-9-14(17)10-12-20/h5-8,14,17H,3-4,9-13H2,1-2H3,(H,19,22)/p+1/t17-/m1/s1. The van der Waals surface area contributed by atoms with Gasteiger partial charge in [-0.1, -0.05) is 13.8 Å². The zero-order valence-corrected chi connectivity index (χ0v) is 15.8. The molecule has 0 unspecified atom stereocenters. The second kappa shape index (κ2) is 7.43. The molecular formula is C18H28N3O3S+. The Morgan fingerprint density at radius 1 is 1.16 bits per heavy atom. The Bertz CT molecular complexity index is 706. The summed E-state index contributed by atoms with van der Waals surface area (Å²) in [6.07, 6.45) is 2.36. The number of carbonyl (C=O) groups excluding carboxylic acids is 1. The minimum absolute atomic E-state index is 0.107. The maximum Gasteiger partial charge on any atom is 0.251 e. The normalized spacial score (nSPS) is 26.0. The highest BCUT2D eigenvalue weighted by Gasteiger charge is 2.38. The van der Waals surface area contributed by atoms with Crippen LogP contribution in [-0.4, -0.2) is 57.4 Å². The molecule has 3 heterocycles. The van der Waals surface area contributed by atoms with E-state index in [1.807, 2.05) is 13.8 Å². The molecule has 1 aromatic rings. The van der Waals surface area contributed by atoms with Gasteiger partial charge in [-0.3, -0.25) is 4.79 Å². The van der Waals surface area contributed by atoms with Crippen LogP contribution < -0.4 is 10.2 Å². The molecule has 0 radical (unpaired) electrons. The van der Waals surface area contributed by atoms with E-state index in [1.54, 1.807) is 17.0 Å². The monoisotopic (exact) mass is 366 g/mol. The first-order valence-corrected chi connectivity index (χ1v) is 10.6. The van der Waals surface area contributed by atoms with E-state index in [0.29, 0.717) is 24.6 Å². The van der Waals surface area contributed by atoms with Crippen LogP contribution in [0.2, 0.25) is 0 Å². The molecule has 25 heavy (non-hydrogen) atoms. The van der Waals surface area contributed by atoms with Crippen molar-refractivity contribution in [2.45, 2.75) is 37.6 Å². The quantitative estimate of drug-likeness (QED) is 0.752. The Hall–Kier alpha value is -1.44. The highest BCUT2D eigenvalue weighted by atomic mass is 32.2. The molecule has 1 atom stereocenters. The Morgan fingerprint density at radius 3 is 2.24 bits per heavy atom. The van der Waals surface area contributed by atoms with Gasteiger partial charge in [0.15, 0.2) is 0 Å². The lowest BCUT2D eigenvalue weighted by atomic mass is 9.84. The van der Waals surface area contributed by atoms with Crippen molar-refractivity contribution >= 4 is 15.9 Å². The fraction of sp³-hybridized carbons (Fsp3) is 0.611. The fourth-order valence-electron chi connectivity index (χ4n) is 4.04. The van der Waals surface area contributed by atoms with Crippen molar-refractivity contribution in [1.82, 2.24) is 9.62 Å². The summed E-state index contributed by atoms with van der Waals surface area (Å²) in [6, 6.07) is 6.53. The lowest BCUT2D eigenvalue weighted by Crippen LogP contribution is -3.17. The van der Waals surface area contributed by atoms with Crippen LogP contribution >= 0.6 is 0 Å². The van der Waals surface area contributed by atoms with Crippen LogP contribution in [0.1, 0.15) is 37.0 Å². The first-order chi connectivity index (χ1) is 12.0. The molecule has 1 aromatic carbocycles. The Morgan fingerprint density at radius 2 is 1.76 bits per heavy atom. The summed E-state index contributed by atoms with van der Waals surface area (Å²) >= 11 is 0. The van der Waals surface area contributed by atoms with E-state index in [1.165, 1.54) is 42.4 Å². The molecular weight excluding hydrogens is 338 g/mol. The van der Waals surface area contributed by atoms with Crippen molar-refractivity contribution in [1.29, 1.82) is 0 Å². The van der Waals surface area contributed by atoms with Crippen LogP contribution in [0.5, 0.6) is 0 Å². The summed E-state index contributed by atoms with van der Waals surface area (Å²) in [7, 11) is -3.48. The molecule has 7 heteroatoms. The molecule has 138 valence electrons. The summed E-state index contributed by atoms with van der Waals surface area (Å²) in [4.78, 5) is 14.3. The molecule has 4 rings (SSSR count). The molecule has 3 saturated heterocycles. The number of fused-ring (bicyclic) bond motifs is 3. The minimum atomic E-state index is -3.48. The number of rotatable bonds is 6. The number of hydrogen-bond donors (Lipinski definition) is 2. The maximum atomic E-state index is 12.5. The fourth-order valence-corrected chi connectivity index (χ4v) is 5.50. The van der Waals surface area contributed by atoms with Crippen molar-refractivity contribution < 1.29 is 18.1 Å². The lowest BCUT2D eigenvalue weighted by molar-refractivity contribution is -0.917. The highest BCUT2D eigenvalue weighted by Crippen LogP contribution is 2.19. The third-order valence-corrected chi connectivity index (χ3v) is 7.66. The van der Waals surface area contributed by atoms with Gasteiger partial charge in [0, 0.05) is 31.5 Å². The Kier molecular flexibility index (Phi) is 5.46. The van der Waals surface area contributed by atoms with Crippen molar-refractivity contribution in [3.05, 3.63) is 29.8 Å². The van der Waals surface area contributed by atoms with Gasteiger partial charge in [0.2, 0.25) is 10.0 Å². The van der Waals surface area contributed by atoms with Crippen LogP contribution in [0, 0.1) is 5.92 Å².